The maximum Gasteiger partial charge on any atom is 0.263 e. The Morgan fingerprint density at radius 3 is 2.69 bits per heavy atom. The van der Waals surface area contributed by atoms with Crippen LogP contribution in [0.1, 0.15) is 60.8 Å². The van der Waals surface area contributed by atoms with Gasteiger partial charge in [0.1, 0.15) is 4.83 Å². The average Bonchev–Trinajstić information content (AvgIpc) is 3.34. The Morgan fingerprint density at radius 2 is 1.97 bits per heavy atom. The number of aryl methyl sites for hydroxylation is 2. The van der Waals surface area contributed by atoms with E-state index in [4.69, 9.17) is 4.98 Å². The van der Waals surface area contributed by atoms with Crippen LogP contribution in [0.25, 0.3) is 10.2 Å². The van der Waals surface area contributed by atoms with E-state index in [-0.39, 0.29) is 11.3 Å². The zero-order valence-electron chi connectivity index (χ0n) is 17.4. The van der Waals surface area contributed by atoms with Gasteiger partial charge >= 0.3 is 0 Å². The minimum Gasteiger partial charge on any atom is -0.293 e. The molecule has 4 rings (SSSR count). The molecule has 6 heteroatoms. The molecule has 3 aromatic rings. The van der Waals surface area contributed by atoms with Gasteiger partial charge in [0.05, 0.1) is 11.1 Å². The third-order valence-electron chi connectivity index (χ3n) is 4.95. The fourth-order valence-electron chi connectivity index (χ4n) is 3.52. The van der Waals surface area contributed by atoms with Gasteiger partial charge in [-0.05, 0) is 31.2 Å². The highest BCUT2D eigenvalue weighted by Gasteiger charge is 2.23. The SMILES string of the molecule is CC.CCCCn1c(SCC(=O)c2ccccc2)nc2sc3c(c2c1=O)CCC3. The van der Waals surface area contributed by atoms with Gasteiger partial charge in [-0.1, -0.05) is 69.3 Å². The molecule has 154 valence electrons. The van der Waals surface area contributed by atoms with E-state index in [2.05, 4.69) is 6.92 Å². The Balaban J connectivity index is 0.00000117. The maximum absolute atomic E-state index is 13.2. The second kappa shape index (κ2) is 10.2. The summed E-state index contributed by atoms with van der Waals surface area (Å²) in [7, 11) is 0. The fraction of sp³-hybridized carbons (Fsp3) is 0.435. The number of carbonyl (C=O) groups is 1. The number of hydrogen-bond acceptors (Lipinski definition) is 5. The van der Waals surface area contributed by atoms with Crippen molar-refractivity contribution in [2.45, 2.75) is 64.6 Å². The molecular weight excluding hydrogens is 400 g/mol. The normalized spacial score (nSPS) is 12.5. The third-order valence-corrected chi connectivity index (χ3v) is 7.12. The first-order valence-electron chi connectivity index (χ1n) is 10.4. The van der Waals surface area contributed by atoms with E-state index in [0.717, 1.165) is 42.3 Å². The predicted octanol–water partition coefficient (Wildman–Crippen LogP) is 5.75. The summed E-state index contributed by atoms with van der Waals surface area (Å²) in [4.78, 5) is 32.7. The lowest BCUT2D eigenvalue weighted by molar-refractivity contribution is 0.102. The molecule has 0 saturated heterocycles. The standard InChI is InChI=1S/C21H22N2O2S2.C2H6/c1-2-3-12-23-20(25)18-15-10-7-11-17(15)27-19(18)22-21(23)26-13-16(24)14-8-5-4-6-9-14;1-2/h4-6,8-9H,2-3,7,10-13H2,1H3;1-2H3. The number of thioether (sulfide) groups is 1. The number of ketones is 1. The van der Waals surface area contributed by atoms with Crippen molar-refractivity contribution in [3.63, 3.8) is 0 Å². The molecule has 4 nitrogen and oxygen atoms in total. The topological polar surface area (TPSA) is 52.0 Å². The Morgan fingerprint density at radius 1 is 1.21 bits per heavy atom. The molecule has 0 radical (unpaired) electrons. The van der Waals surface area contributed by atoms with Gasteiger partial charge in [0.15, 0.2) is 10.9 Å². The number of Topliss-reactive ketones (excluding diaryl/α,β-unsaturated/α-hetero) is 1. The summed E-state index contributed by atoms with van der Waals surface area (Å²) in [6.45, 7) is 6.77. The van der Waals surface area contributed by atoms with Crippen molar-refractivity contribution >= 4 is 39.1 Å². The van der Waals surface area contributed by atoms with E-state index in [9.17, 15) is 9.59 Å². The highest BCUT2D eigenvalue weighted by Crippen LogP contribution is 2.35. The van der Waals surface area contributed by atoms with E-state index < -0.39 is 0 Å². The van der Waals surface area contributed by atoms with Crippen molar-refractivity contribution in [3.05, 3.63) is 56.7 Å². The van der Waals surface area contributed by atoms with Crippen LogP contribution in [0.15, 0.2) is 40.3 Å². The van der Waals surface area contributed by atoms with Gasteiger partial charge in [0, 0.05) is 17.0 Å². The molecule has 0 bridgehead atoms. The molecule has 0 amide bonds. The van der Waals surface area contributed by atoms with Crippen molar-refractivity contribution in [2.24, 2.45) is 0 Å². The van der Waals surface area contributed by atoms with Gasteiger partial charge in [0.2, 0.25) is 0 Å². The lowest BCUT2D eigenvalue weighted by atomic mass is 10.2. The molecule has 1 aliphatic rings. The predicted molar refractivity (Wildman–Crippen MR) is 124 cm³/mol. The minimum absolute atomic E-state index is 0.0608. The highest BCUT2D eigenvalue weighted by atomic mass is 32.2. The van der Waals surface area contributed by atoms with Crippen LogP contribution >= 0.6 is 23.1 Å². The van der Waals surface area contributed by atoms with Crippen LogP contribution in [0.3, 0.4) is 0 Å². The monoisotopic (exact) mass is 428 g/mol. The zero-order valence-corrected chi connectivity index (χ0v) is 19.0. The van der Waals surface area contributed by atoms with Gasteiger partial charge in [-0.25, -0.2) is 4.98 Å². The molecule has 2 aromatic heterocycles. The molecule has 0 atom stereocenters. The summed E-state index contributed by atoms with van der Waals surface area (Å²) in [5.74, 6) is 0.352. The highest BCUT2D eigenvalue weighted by molar-refractivity contribution is 7.99. The van der Waals surface area contributed by atoms with E-state index in [1.165, 1.54) is 22.2 Å². The van der Waals surface area contributed by atoms with E-state index in [1.54, 1.807) is 15.9 Å². The minimum atomic E-state index is 0.0608. The number of carbonyl (C=O) groups excluding carboxylic acids is 1. The van der Waals surface area contributed by atoms with Crippen molar-refractivity contribution in [3.8, 4) is 0 Å². The number of rotatable bonds is 7. The van der Waals surface area contributed by atoms with Gasteiger partial charge in [-0.3, -0.25) is 14.2 Å². The van der Waals surface area contributed by atoms with E-state index >= 15 is 0 Å². The van der Waals surface area contributed by atoms with Crippen LogP contribution < -0.4 is 5.56 Å². The summed E-state index contributed by atoms with van der Waals surface area (Å²) in [6, 6.07) is 9.29. The summed E-state index contributed by atoms with van der Waals surface area (Å²) >= 11 is 3.03. The number of benzene rings is 1. The van der Waals surface area contributed by atoms with Crippen molar-refractivity contribution in [2.75, 3.05) is 5.75 Å². The summed E-state index contributed by atoms with van der Waals surface area (Å²) in [5.41, 5.74) is 1.99. The van der Waals surface area contributed by atoms with E-state index in [0.29, 0.717) is 23.0 Å². The number of hydrogen-bond donors (Lipinski definition) is 0. The van der Waals surface area contributed by atoms with Gasteiger partial charge < -0.3 is 0 Å². The number of nitrogens with zero attached hydrogens (tertiary/aromatic N) is 2. The largest absolute Gasteiger partial charge is 0.293 e. The lowest BCUT2D eigenvalue weighted by Crippen LogP contribution is -2.24. The van der Waals surface area contributed by atoms with Crippen molar-refractivity contribution in [1.82, 2.24) is 9.55 Å². The average molecular weight is 429 g/mol. The van der Waals surface area contributed by atoms with Crippen LogP contribution in [0.2, 0.25) is 0 Å². The molecule has 0 unspecified atom stereocenters. The van der Waals surface area contributed by atoms with Gasteiger partial charge in [-0.15, -0.1) is 11.3 Å². The first-order valence-corrected chi connectivity index (χ1v) is 12.3. The molecule has 0 N–H and O–H groups in total. The summed E-state index contributed by atoms with van der Waals surface area (Å²) < 4.78 is 1.79. The summed E-state index contributed by atoms with van der Waals surface area (Å²) in [6.07, 6.45) is 5.12. The second-order valence-corrected chi connectivity index (χ2v) is 8.85. The van der Waals surface area contributed by atoms with Gasteiger partial charge in [0.25, 0.3) is 5.56 Å². The van der Waals surface area contributed by atoms with Crippen LogP contribution in [0.4, 0.5) is 0 Å². The molecule has 0 saturated carbocycles. The molecule has 1 aromatic carbocycles. The maximum atomic E-state index is 13.2. The fourth-order valence-corrected chi connectivity index (χ4v) is 5.74. The quantitative estimate of drug-likeness (QED) is 0.273. The molecule has 2 heterocycles. The zero-order chi connectivity index (χ0) is 20.8. The van der Waals surface area contributed by atoms with Crippen molar-refractivity contribution in [1.29, 1.82) is 0 Å². The first-order chi connectivity index (χ1) is 14.2. The van der Waals surface area contributed by atoms with Gasteiger partial charge in [-0.2, -0.15) is 0 Å². The lowest BCUT2D eigenvalue weighted by Gasteiger charge is -2.11. The molecular formula is C23H28N2O2S2. The van der Waals surface area contributed by atoms with Crippen LogP contribution in [0, 0.1) is 0 Å². The van der Waals surface area contributed by atoms with Crippen LogP contribution in [0.5, 0.6) is 0 Å². The van der Waals surface area contributed by atoms with Crippen LogP contribution in [-0.2, 0) is 19.4 Å². The Kier molecular flexibility index (Phi) is 7.67. The molecule has 29 heavy (non-hydrogen) atoms. The molecule has 0 aliphatic heterocycles. The molecule has 0 fully saturated rings. The molecule has 1 aliphatic carbocycles. The molecule has 0 spiro atoms. The number of aromatic nitrogens is 2. The Hall–Kier alpha value is -1.92. The smallest absolute Gasteiger partial charge is 0.263 e. The Labute approximate surface area is 180 Å². The first kappa shape index (κ1) is 21.8. The number of unbranched alkanes of at least 4 members (excludes halogenated alkanes) is 1. The third kappa shape index (κ3) is 4.64. The number of fused-ring (bicyclic) bond motifs is 3. The van der Waals surface area contributed by atoms with E-state index in [1.807, 2.05) is 44.2 Å². The van der Waals surface area contributed by atoms with Crippen LogP contribution in [-0.4, -0.2) is 21.1 Å². The van der Waals surface area contributed by atoms with Crippen molar-refractivity contribution < 1.29 is 4.79 Å². The summed E-state index contributed by atoms with van der Waals surface area (Å²) in [5, 5.41) is 1.49. The second-order valence-electron chi connectivity index (χ2n) is 6.82. The Bertz CT molecular complexity index is 1040. The number of thiophene rings is 1.